The second kappa shape index (κ2) is 48.0. The summed E-state index contributed by atoms with van der Waals surface area (Å²) in [7, 11) is 0. The molecule has 0 unspecified atom stereocenters. The number of hydrogen-bond donors (Lipinski definition) is 0. The molecule has 0 amide bonds. The van der Waals surface area contributed by atoms with E-state index in [1.54, 1.807) is 0 Å². The van der Waals surface area contributed by atoms with Crippen LogP contribution in [0.25, 0.3) is 0 Å². The van der Waals surface area contributed by atoms with Gasteiger partial charge in [0.2, 0.25) is 0 Å². The van der Waals surface area contributed by atoms with Crippen LogP contribution < -0.4 is 18.9 Å². The standard InChI is InChI=1S/Co.Li.Mn.2H2O.H/h;;;2*1H2;/q;+1;;;;-1. The van der Waals surface area contributed by atoms with Gasteiger partial charge in [-0.1, -0.05) is 0 Å². The maximum Gasteiger partial charge on any atom is 1.00 e. The van der Waals surface area contributed by atoms with Crippen LogP contribution in [0, 0.1) is 0 Å². The Morgan fingerprint density at radius 2 is 1.00 bits per heavy atom. The fraction of sp³-hybridized carbons (Fsp3) is 0. The first-order chi connectivity index (χ1) is 0. The van der Waals surface area contributed by atoms with E-state index in [1.165, 1.54) is 0 Å². The first kappa shape index (κ1) is 84.4. The monoisotopic (exact) mass is 158 g/mol. The maximum absolute atomic E-state index is 0. The fourth-order valence-corrected chi connectivity index (χ4v) is 0. The second-order valence-electron chi connectivity index (χ2n) is 0. The van der Waals surface area contributed by atoms with Crippen molar-refractivity contribution >= 4 is 0 Å². The first-order valence-corrected chi connectivity index (χ1v) is 0. The zero-order valence-corrected chi connectivity index (χ0v) is 4.93. The second-order valence-corrected chi connectivity index (χ2v) is 0. The molecule has 0 fully saturated rings. The zero-order valence-electron chi connectivity index (χ0n) is 3.71. The van der Waals surface area contributed by atoms with Gasteiger partial charge in [-0.2, -0.15) is 0 Å². The smallest absolute Gasteiger partial charge is 1.00 e. The molecule has 0 heterocycles. The normalized spacial score (nSPS) is 0. The Morgan fingerprint density at radius 1 is 1.00 bits per heavy atom. The van der Waals surface area contributed by atoms with Gasteiger partial charge in [-0.25, -0.2) is 0 Å². The molecule has 0 aliphatic rings. The minimum absolute atomic E-state index is 0. The first-order valence-electron chi connectivity index (χ1n) is 0. The molecule has 0 aromatic heterocycles. The van der Waals surface area contributed by atoms with Crippen LogP contribution in [0.5, 0.6) is 0 Å². The van der Waals surface area contributed by atoms with E-state index in [9.17, 15) is 0 Å². The molecule has 0 saturated carbocycles. The van der Waals surface area contributed by atoms with Gasteiger partial charge >= 0.3 is 18.9 Å². The predicted molar refractivity (Wildman–Crippen MR) is 8.34 cm³/mol. The van der Waals surface area contributed by atoms with Crippen molar-refractivity contribution in [3.63, 3.8) is 0 Å². The number of hydrogen-bond acceptors (Lipinski definition) is 0. The summed E-state index contributed by atoms with van der Waals surface area (Å²) in [5.74, 6) is 0. The molecule has 4 N–H and O–H groups in total. The molecule has 0 spiro atoms. The van der Waals surface area contributed by atoms with Gasteiger partial charge in [0.15, 0.2) is 0 Å². The Balaban J connectivity index is 0. The SMILES string of the molecule is O.O.[Co].[H-].[Li+].[Mn]. The van der Waals surface area contributed by atoms with Crippen molar-refractivity contribution in [3.05, 3.63) is 0 Å². The van der Waals surface area contributed by atoms with E-state index in [0.717, 1.165) is 0 Å². The summed E-state index contributed by atoms with van der Waals surface area (Å²) in [5.41, 5.74) is 0. The Bertz CT molecular complexity index is 13.5. The Hall–Kier alpha value is 1.54. The summed E-state index contributed by atoms with van der Waals surface area (Å²) in [4.78, 5) is 0. The van der Waals surface area contributed by atoms with Crippen molar-refractivity contribution in [2.45, 2.75) is 0 Å². The molecular weight excluding hydrogens is 153 g/mol. The fourth-order valence-electron chi connectivity index (χ4n) is 0. The van der Waals surface area contributed by atoms with Crippen LogP contribution in [0.4, 0.5) is 0 Å². The average molecular weight is 158 g/mol. The van der Waals surface area contributed by atoms with Gasteiger partial charge in [0.1, 0.15) is 0 Å². The van der Waals surface area contributed by atoms with Crippen molar-refractivity contribution in [2.75, 3.05) is 0 Å². The summed E-state index contributed by atoms with van der Waals surface area (Å²) in [5, 5.41) is 0. The van der Waals surface area contributed by atoms with Gasteiger partial charge < -0.3 is 12.4 Å². The van der Waals surface area contributed by atoms with Crippen molar-refractivity contribution in [3.8, 4) is 0 Å². The number of rotatable bonds is 0. The van der Waals surface area contributed by atoms with Gasteiger partial charge in [0, 0.05) is 33.8 Å². The molecule has 0 atom stereocenters. The van der Waals surface area contributed by atoms with E-state index >= 15 is 0 Å². The van der Waals surface area contributed by atoms with Crippen LogP contribution in [-0.2, 0) is 33.8 Å². The molecule has 34 valence electrons. The van der Waals surface area contributed by atoms with E-state index in [-0.39, 0.29) is 65.1 Å². The van der Waals surface area contributed by atoms with Crippen molar-refractivity contribution in [2.24, 2.45) is 0 Å². The molecule has 0 rings (SSSR count). The zero-order chi connectivity index (χ0) is 0. The van der Waals surface area contributed by atoms with E-state index in [0.29, 0.717) is 0 Å². The van der Waals surface area contributed by atoms with Gasteiger partial charge in [-0.05, 0) is 0 Å². The van der Waals surface area contributed by atoms with Crippen molar-refractivity contribution in [1.29, 1.82) is 0 Å². The van der Waals surface area contributed by atoms with Crippen LogP contribution in [0.1, 0.15) is 1.43 Å². The van der Waals surface area contributed by atoms with Gasteiger partial charge in [-0.3, -0.25) is 0 Å². The topological polar surface area (TPSA) is 63.0 Å². The Morgan fingerprint density at radius 3 is 1.00 bits per heavy atom. The van der Waals surface area contributed by atoms with Gasteiger partial charge in [0.25, 0.3) is 0 Å². The largest absolute Gasteiger partial charge is 1.00 e. The summed E-state index contributed by atoms with van der Waals surface area (Å²) < 4.78 is 0. The van der Waals surface area contributed by atoms with Crippen LogP contribution >= 0.6 is 0 Å². The molecule has 0 aromatic carbocycles. The van der Waals surface area contributed by atoms with Crippen LogP contribution in [0.3, 0.4) is 0 Å². The minimum Gasteiger partial charge on any atom is -1.00 e. The predicted octanol–water partition coefficient (Wildman–Crippen LogP) is -4.54. The van der Waals surface area contributed by atoms with Crippen LogP contribution in [-0.4, -0.2) is 11.0 Å². The summed E-state index contributed by atoms with van der Waals surface area (Å²) >= 11 is 0. The van der Waals surface area contributed by atoms with Gasteiger partial charge in [0.05, 0.1) is 0 Å². The molecule has 0 aromatic rings. The Labute approximate surface area is 65.0 Å². The molecule has 5 heavy (non-hydrogen) atoms. The summed E-state index contributed by atoms with van der Waals surface area (Å²) in [6.07, 6.45) is 0. The molecule has 0 bridgehead atoms. The van der Waals surface area contributed by atoms with Crippen LogP contribution in [0.2, 0.25) is 0 Å². The average Bonchev–Trinajstić information content (AvgIpc) is 0. The molecule has 0 saturated heterocycles. The molecule has 2 radical (unpaired) electrons. The third-order valence-electron chi connectivity index (χ3n) is 0. The summed E-state index contributed by atoms with van der Waals surface area (Å²) in [6, 6.07) is 0. The summed E-state index contributed by atoms with van der Waals surface area (Å²) in [6.45, 7) is 0. The quantitative estimate of drug-likeness (QED) is 0.319. The van der Waals surface area contributed by atoms with Crippen LogP contribution in [0.15, 0.2) is 0 Å². The minimum atomic E-state index is 0. The third-order valence-corrected chi connectivity index (χ3v) is 0. The van der Waals surface area contributed by atoms with Crippen molar-refractivity contribution < 1.29 is 65.1 Å². The third kappa shape index (κ3) is 29.2. The molecule has 0 aliphatic heterocycles. The molecule has 0 aliphatic carbocycles. The van der Waals surface area contributed by atoms with Gasteiger partial charge in [-0.15, -0.1) is 0 Å². The maximum atomic E-state index is 0. The van der Waals surface area contributed by atoms with E-state index in [2.05, 4.69) is 0 Å². The molecular formula is H5CoLiMnO2. The van der Waals surface area contributed by atoms with E-state index in [4.69, 9.17) is 0 Å². The molecule has 5 heteroatoms. The van der Waals surface area contributed by atoms with Crippen molar-refractivity contribution in [1.82, 2.24) is 0 Å². The van der Waals surface area contributed by atoms with E-state index < -0.39 is 0 Å². The molecule has 2 nitrogen and oxygen atoms in total. The van der Waals surface area contributed by atoms with E-state index in [1.807, 2.05) is 0 Å². The Kier molecular flexibility index (Phi) is 811.